The lowest BCUT2D eigenvalue weighted by Gasteiger charge is -2.10. The van der Waals surface area contributed by atoms with E-state index in [1.54, 1.807) is 18.2 Å². The van der Waals surface area contributed by atoms with Crippen molar-refractivity contribution in [1.82, 2.24) is 4.90 Å². The molecule has 9 heteroatoms. The molecule has 1 heterocycles. The Balaban J connectivity index is 2.19. The molecule has 1 amide bonds. The van der Waals surface area contributed by atoms with Crippen molar-refractivity contribution in [2.75, 3.05) is 14.2 Å². The molecule has 3 rings (SSSR count). The van der Waals surface area contributed by atoms with E-state index in [0.29, 0.717) is 10.6 Å². The minimum absolute atomic E-state index is 0.00873. The Morgan fingerprint density at radius 3 is 2.52 bits per heavy atom. The summed E-state index contributed by atoms with van der Waals surface area (Å²) in [4.78, 5) is 12.7. The van der Waals surface area contributed by atoms with Gasteiger partial charge in [0.15, 0.2) is 0 Å². The monoisotopic (exact) mass is 435 g/mol. The first-order chi connectivity index (χ1) is 13.7. The zero-order valence-corrected chi connectivity index (χ0v) is 17.3. The van der Waals surface area contributed by atoms with E-state index in [4.69, 9.17) is 9.84 Å². The van der Waals surface area contributed by atoms with E-state index in [0.717, 1.165) is 16.2 Å². The van der Waals surface area contributed by atoms with E-state index < -0.39 is 21.7 Å². The molecule has 0 atom stereocenters. The minimum Gasteiger partial charge on any atom is -0.497 e. The number of carbonyl (C=O) groups is 1. The van der Waals surface area contributed by atoms with E-state index in [1.807, 2.05) is 0 Å². The van der Waals surface area contributed by atoms with Gasteiger partial charge in [0.1, 0.15) is 15.8 Å². The molecule has 0 unspecified atom stereocenters. The fraction of sp³-hybridized carbons (Fsp3) is 0.150. The second-order valence-corrected chi connectivity index (χ2v) is 9.50. The number of amides is 1. The molecule has 0 fully saturated rings. The predicted octanol–water partition coefficient (Wildman–Crippen LogP) is 4.51. The van der Waals surface area contributed by atoms with Crippen LogP contribution in [0, 0.1) is 5.82 Å². The molecule has 0 aliphatic carbocycles. The van der Waals surface area contributed by atoms with E-state index in [2.05, 4.69) is 0 Å². The summed E-state index contributed by atoms with van der Waals surface area (Å²) in [6, 6.07) is 13.4. The number of halogens is 1. The molecule has 0 radical (unpaired) electrons. The number of carboxylic acid groups (broad SMARTS) is 1. The van der Waals surface area contributed by atoms with Gasteiger partial charge in [-0.15, -0.1) is 11.3 Å². The number of thiophene rings is 1. The first-order valence-electron chi connectivity index (χ1n) is 8.45. The molecule has 1 N–H and O–H groups in total. The van der Waals surface area contributed by atoms with Crippen molar-refractivity contribution in [3.8, 4) is 16.9 Å². The van der Waals surface area contributed by atoms with E-state index in [1.165, 1.54) is 50.6 Å². The van der Waals surface area contributed by atoms with Gasteiger partial charge in [-0.05, 0) is 30.3 Å². The third-order valence-corrected chi connectivity index (χ3v) is 7.63. The van der Waals surface area contributed by atoms with E-state index in [-0.39, 0.29) is 26.8 Å². The molecule has 2 aromatic carbocycles. The first-order valence-corrected chi connectivity index (χ1v) is 10.7. The maximum atomic E-state index is 14.4. The lowest BCUT2D eigenvalue weighted by atomic mass is 10.1. The van der Waals surface area contributed by atoms with Gasteiger partial charge < -0.3 is 14.7 Å². The third-order valence-electron chi connectivity index (χ3n) is 4.23. The van der Waals surface area contributed by atoms with Crippen LogP contribution < -0.4 is 4.74 Å². The van der Waals surface area contributed by atoms with Crippen LogP contribution in [0.25, 0.3) is 11.1 Å². The van der Waals surface area contributed by atoms with Crippen molar-refractivity contribution in [2.45, 2.75) is 15.6 Å². The standard InChI is InChI=1S/C20H18FNO5S2/c1-22(20(23)24)12-14-11-17(16-8-3-4-9-18(16)21)19(28-14)29(25,26)15-7-5-6-13(10-15)27-2/h3-11H,12H2,1-2H3,(H,23,24). The number of nitrogens with zero attached hydrogens (tertiary/aromatic N) is 1. The average molecular weight is 435 g/mol. The maximum Gasteiger partial charge on any atom is 0.407 e. The van der Waals surface area contributed by atoms with Crippen LogP contribution in [0.3, 0.4) is 0 Å². The highest BCUT2D eigenvalue weighted by atomic mass is 32.2. The lowest BCUT2D eigenvalue weighted by Crippen LogP contribution is -2.23. The Kier molecular flexibility index (Phi) is 5.90. The number of benzene rings is 2. The summed E-state index contributed by atoms with van der Waals surface area (Å²) in [6.45, 7) is -0.0188. The van der Waals surface area contributed by atoms with Crippen molar-refractivity contribution in [2.24, 2.45) is 0 Å². The molecular weight excluding hydrogens is 417 g/mol. The molecule has 0 spiro atoms. The van der Waals surface area contributed by atoms with Gasteiger partial charge in [-0.2, -0.15) is 0 Å². The van der Waals surface area contributed by atoms with Crippen molar-refractivity contribution >= 4 is 27.3 Å². The van der Waals surface area contributed by atoms with Gasteiger partial charge in [0.05, 0.1) is 18.6 Å². The van der Waals surface area contributed by atoms with Crippen molar-refractivity contribution < 1.29 is 27.4 Å². The highest BCUT2D eigenvalue weighted by molar-refractivity contribution is 7.93. The summed E-state index contributed by atoms with van der Waals surface area (Å²) >= 11 is 0.924. The molecule has 0 bridgehead atoms. The zero-order valence-electron chi connectivity index (χ0n) is 15.6. The quantitative estimate of drug-likeness (QED) is 0.616. The molecule has 29 heavy (non-hydrogen) atoms. The fourth-order valence-corrected chi connectivity index (χ4v) is 5.95. The lowest BCUT2D eigenvalue weighted by molar-refractivity contribution is 0.154. The van der Waals surface area contributed by atoms with E-state index >= 15 is 0 Å². The van der Waals surface area contributed by atoms with Crippen LogP contribution in [0.2, 0.25) is 0 Å². The second-order valence-electron chi connectivity index (χ2n) is 6.21. The first kappa shape index (κ1) is 20.8. The van der Waals surface area contributed by atoms with Crippen LogP contribution in [0.15, 0.2) is 63.7 Å². The Morgan fingerprint density at radius 1 is 1.14 bits per heavy atom. The number of sulfone groups is 1. The summed E-state index contributed by atoms with van der Waals surface area (Å²) in [6.07, 6.45) is -1.15. The maximum absolute atomic E-state index is 14.4. The van der Waals surface area contributed by atoms with Gasteiger partial charge in [0.25, 0.3) is 0 Å². The van der Waals surface area contributed by atoms with Gasteiger partial charge in [0.2, 0.25) is 9.84 Å². The Hall–Kier alpha value is -2.91. The predicted molar refractivity (Wildman–Crippen MR) is 108 cm³/mol. The van der Waals surface area contributed by atoms with Gasteiger partial charge in [-0.25, -0.2) is 17.6 Å². The number of hydrogen-bond acceptors (Lipinski definition) is 5. The number of methoxy groups -OCH3 is 1. The molecule has 6 nitrogen and oxygen atoms in total. The van der Waals surface area contributed by atoms with Gasteiger partial charge in [-0.3, -0.25) is 0 Å². The molecule has 0 aliphatic rings. The molecule has 0 saturated carbocycles. The van der Waals surface area contributed by atoms with Crippen LogP contribution in [-0.2, 0) is 16.4 Å². The van der Waals surface area contributed by atoms with Crippen molar-refractivity contribution in [3.63, 3.8) is 0 Å². The fourth-order valence-electron chi connectivity index (χ4n) is 2.75. The van der Waals surface area contributed by atoms with Gasteiger partial charge in [0, 0.05) is 23.1 Å². The molecule has 1 aromatic heterocycles. The van der Waals surface area contributed by atoms with Crippen LogP contribution in [0.4, 0.5) is 9.18 Å². The third kappa shape index (κ3) is 4.25. The van der Waals surface area contributed by atoms with Gasteiger partial charge >= 0.3 is 6.09 Å². The smallest absolute Gasteiger partial charge is 0.407 e. The Labute approximate surface area is 171 Å². The summed E-state index contributed by atoms with van der Waals surface area (Å²) in [5.74, 6) is -0.188. The molecule has 0 saturated heterocycles. The largest absolute Gasteiger partial charge is 0.497 e. The molecular formula is C20H18FNO5S2. The van der Waals surface area contributed by atoms with Crippen molar-refractivity contribution in [1.29, 1.82) is 0 Å². The topological polar surface area (TPSA) is 83.9 Å². The summed E-state index contributed by atoms with van der Waals surface area (Å²) in [5, 5.41) is 9.11. The molecule has 152 valence electrons. The highest BCUT2D eigenvalue weighted by Crippen LogP contribution is 2.40. The normalized spacial score (nSPS) is 11.3. The van der Waals surface area contributed by atoms with Crippen LogP contribution in [-0.4, -0.2) is 38.7 Å². The number of rotatable bonds is 6. The summed E-state index contributed by atoms with van der Waals surface area (Å²) in [5.41, 5.74) is 0.333. The summed E-state index contributed by atoms with van der Waals surface area (Å²) < 4.78 is 46.2. The zero-order chi connectivity index (χ0) is 21.2. The molecule has 3 aromatic rings. The second kappa shape index (κ2) is 8.22. The number of hydrogen-bond donors (Lipinski definition) is 1. The SMILES string of the molecule is COc1cccc(S(=O)(=O)c2sc(CN(C)C(=O)O)cc2-c2ccccc2F)c1. The van der Waals surface area contributed by atoms with Crippen molar-refractivity contribution in [3.05, 3.63) is 65.3 Å². The van der Waals surface area contributed by atoms with E-state index in [9.17, 15) is 17.6 Å². The minimum atomic E-state index is -4.00. The molecule has 0 aliphatic heterocycles. The highest BCUT2D eigenvalue weighted by Gasteiger charge is 2.27. The van der Waals surface area contributed by atoms with Crippen LogP contribution >= 0.6 is 11.3 Å². The Bertz CT molecular complexity index is 1160. The number of ether oxygens (including phenoxy) is 1. The summed E-state index contributed by atoms with van der Waals surface area (Å²) in [7, 11) is -1.19. The van der Waals surface area contributed by atoms with Gasteiger partial charge in [-0.1, -0.05) is 24.3 Å². The Morgan fingerprint density at radius 2 is 1.86 bits per heavy atom. The van der Waals surface area contributed by atoms with Crippen LogP contribution in [0.5, 0.6) is 5.75 Å². The average Bonchev–Trinajstić information content (AvgIpc) is 3.12. The van der Waals surface area contributed by atoms with Crippen LogP contribution in [0.1, 0.15) is 4.88 Å².